The number of aromatic amines is 1. The van der Waals surface area contributed by atoms with Crippen molar-refractivity contribution in [2.24, 2.45) is 0 Å². The number of aromatic nitrogens is 5. The average molecular weight is 265 g/mol. The first kappa shape index (κ1) is 12.0. The maximum atomic E-state index is 9.14. The Morgan fingerprint density at radius 1 is 1.25 bits per heavy atom. The molecule has 98 valence electrons. The minimum Gasteiger partial charge on any atom is -0.382 e. The molecule has 2 aromatic heterocycles. The molecule has 0 bridgehead atoms. The fourth-order valence-electron chi connectivity index (χ4n) is 1.97. The second kappa shape index (κ2) is 5.32. The van der Waals surface area contributed by atoms with Gasteiger partial charge >= 0.3 is 0 Å². The Morgan fingerprint density at radius 2 is 2.15 bits per heavy atom. The van der Waals surface area contributed by atoms with Crippen LogP contribution < -0.4 is 5.32 Å². The highest BCUT2D eigenvalue weighted by Crippen LogP contribution is 2.23. The van der Waals surface area contributed by atoms with Gasteiger partial charge in [-0.2, -0.15) is 10.4 Å². The Balaban J connectivity index is 1.87. The summed E-state index contributed by atoms with van der Waals surface area (Å²) in [6.07, 6.45) is 2.15. The molecule has 0 amide bonds. The summed E-state index contributed by atoms with van der Waals surface area (Å²) in [5.41, 5.74) is 1.76. The zero-order chi connectivity index (χ0) is 13.8. The lowest BCUT2D eigenvalue weighted by atomic mass is 10.1. The number of hydrogen-bond donors (Lipinski definition) is 2. The second-order valence-electron chi connectivity index (χ2n) is 4.16. The molecular formula is C13H11N7. The van der Waals surface area contributed by atoms with Gasteiger partial charge in [-0.3, -0.25) is 5.10 Å². The first-order chi connectivity index (χ1) is 9.88. The molecule has 0 fully saturated rings. The summed E-state index contributed by atoms with van der Waals surface area (Å²) in [5, 5.41) is 27.8. The van der Waals surface area contributed by atoms with Crippen LogP contribution in [0.1, 0.15) is 11.5 Å². The van der Waals surface area contributed by atoms with Crippen LogP contribution in [0.25, 0.3) is 10.9 Å². The first-order valence-electron chi connectivity index (χ1n) is 6.12. The van der Waals surface area contributed by atoms with Gasteiger partial charge in [-0.1, -0.05) is 18.2 Å². The molecule has 7 heteroatoms. The Kier molecular flexibility index (Phi) is 3.20. The highest BCUT2D eigenvalue weighted by atomic mass is 15.2. The van der Waals surface area contributed by atoms with Crippen molar-refractivity contribution < 1.29 is 0 Å². The zero-order valence-corrected chi connectivity index (χ0v) is 10.5. The number of benzene rings is 1. The van der Waals surface area contributed by atoms with E-state index in [1.165, 1.54) is 6.33 Å². The molecule has 20 heavy (non-hydrogen) atoms. The molecule has 3 rings (SSSR count). The van der Waals surface area contributed by atoms with Crippen molar-refractivity contribution in [1.29, 1.82) is 5.26 Å². The van der Waals surface area contributed by atoms with Gasteiger partial charge in [-0.25, -0.2) is 4.98 Å². The van der Waals surface area contributed by atoms with E-state index in [0.717, 1.165) is 16.7 Å². The van der Waals surface area contributed by atoms with Crippen LogP contribution in [0.5, 0.6) is 0 Å². The lowest BCUT2D eigenvalue weighted by molar-refractivity contribution is 0.899. The molecular weight excluding hydrogens is 254 g/mol. The molecule has 0 saturated heterocycles. The largest absolute Gasteiger partial charge is 0.382 e. The predicted molar refractivity (Wildman–Crippen MR) is 72.8 cm³/mol. The van der Waals surface area contributed by atoms with Crippen molar-refractivity contribution in [3.8, 4) is 6.07 Å². The summed E-state index contributed by atoms with van der Waals surface area (Å²) in [6, 6.07) is 9.64. The molecule has 0 aliphatic heterocycles. The van der Waals surface area contributed by atoms with Gasteiger partial charge in [0.05, 0.1) is 11.2 Å². The number of fused-ring (bicyclic) bond motifs is 1. The molecule has 0 saturated carbocycles. The zero-order valence-electron chi connectivity index (χ0n) is 10.5. The van der Waals surface area contributed by atoms with E-state index in [1.807, 2.05) is 24.3 Å². The normalized spacial score (nSPS) is 10.3. The van der Waals surface area contributed by atoms with E-state index in [0.29, 0.717) is 24.3 Å². The maximum Gasteiger partial charge on any atom is 0.186 e. The monoisotopic (exact) mass is 265 g/mol. The van der Waals surface area contributed by atoms with Gasteiger partial charge in [-0.15, -0.1) is 10.2 Å². The Hall–Kier alpha value is -3.01. The quantitative estimate of drug-likeness (QED) is 0.736. The number of H-pyrrole nitrogens is 1. The summed E-state index contributed by atoms with van der Waals surface area (Å²) in [7, 11) is 0. The van der Waals surface area contributed by atoms with Crippen LogP contribution in [-0.4, -0.2) is 31.9 Å². The SMILES string of the molecule is N#Cc1nnc2ccccc2c1NCCc1ncn[nH]1. The fraction of sp³-hybridized carbons (Fsp3) is 0.154. The van der Waals surface area contributed by atoms with Crippen LogP contribution in [0.2, 0.25) is 0 Å². The third-order valence-corrected chi connectivity index (χ3v) is 2.90. The lowest BCUT2D eigenvalue weighted by Gasteiger charge is -2.09. The summed E-state index contributed by atoms with van der Waals surface area (Å²) >= 11 is 0. The molecule has 0 aliphatic rings. The molecule has 3 aromatic rings. The second-order valence-corrected chi connectivity index (χ2v) is 4.16. The van der Waals surface area contributed by atoms with Gasteiger partial charge in [-0.05, 0) is 6.07 Å². The van der Waals surface area contributed by atoms with Gasteiger partial charge < -0.3 is 5.32 Å². The van der Waals surface area contributed by atoms with Crippen LogP contribution in [0.15, 0.2) is 30.6 Å². The van der Waals surface area contributed by atoms with Gasteiger partial charge in [0.1, 0.15) is 18.2 Å². The van der Waals surface area contributed by atoms with E-state index in [4.69, 9.17) is 5.26 Å². The van der Waals surface area contributed by atoms with Crippen LogP contribution in [0.3, 0.4) is 0 Å². The standard InChI is InChI=1S/C13H11N7/c14-7-11-13(15-6-5-12-16-8-17-20-12)9-3-1-2-4-10(9)18-19-11/h1-4,8H,5-6H2,(H,15,18)(H,16,17,20). The average Bonchev–Trinajstić information content (AvgIpc) is 3.00. The van der Waals surface area contributed by atoms with E-state index in [2.05, 4.69) is 36.8 Å². The molecule has 2 N–H and O–H groups in total. The molecule has 0 atom stereocenters. The number of anilines is 1. The Labute approximate surface area is 114 Å². The predicted octanol–water partition coefficient (Wildman–Crippen LogP) is 1.27. The van der Waals surface area contributed by atoms with E-state index in [9.17, 15) is 0 Å². The van der Waals surface area contributed by atoms with Crippen molar-refractivity contribution in [3.63, 3.8) is 0 Å². The number of nitrogens with zero attached hydrogens (tertiary/aromatic N) is 5. The Bertz CT molecular complexity index is 758. The van der Waals surface area contributed by atoms with Crippen LogP contribution in [-0.2, 0) is 6.42 Å². The first-order valence-corrected chi connectivity index (χ1v) is 6.12. The molecule has 0 spiro atoms. The van der Waals surface area contributed by atoms with Crippen LogP contribution in [0.4, 0.5) is 5.69 Å². The van der Waals surface area contributed by atoms with Gasteiger partial charge in [0, 0.05) is 18.4 Å². The van der Waals surface area contributed by atoms with Crippen molar-refractivity contribution in [2.45, 2.75) is 6.42 Å². The smallest absolute Gasteiger partial charge is 0.186 e. The van der Waals surface area contributed by atoms with E-state index in [-0.39, 0.29) is 0 Å². The van der Waals surface area contributed by atoms with E-state index < -0.39 is 0 Å². The fourth-order valence-corrected chi connectivity index (χ4v) is 1.97. The third kappa shape index (κ3) is 2.27. The van der Waals surface area contributed by atoms with E-state index >= 15 is 0 Å². The minimum absolute atomic E-state index is 0.293. The third-order valence-electron chi connectivity index (χ3n) is 2.90. The highest BCUT2D eigenvalue weighted by molar-refractivity contribution is 5.92. The molecule has 7 nitrogen and oxygen atoms in total. The maximum absolute atomic E-state index is 9.14. The van der Waals surface area contributed by atoms with Crippen LogP contribution in [0, 0.1) is 11.3 Å². The van der Waals surface area contributed by atoms with Crippen molar-refractivity contribution in [3.05, 3.63) is 42.1 Å². The van der Waals surface area contributed by atoms with Crippen molar-refractivity contribution in [2.75, 3.05) is 11.9 Å². The van der Waals surface area contributed by atoms with Gasteiger partial charge in [0.25, 0.3) is 0 Å². The Morgan fingerprint density at radius 3 is 2.95 bits per heavy atom. The highest BCUT2D eigenvalue weighted by Gasteiger charge is 2.09. The number of rotatable bonds is 4. The topological polar surface area (TPSA) is 103 Å². The molecule has 0 radical (unpaired) electrons. The molecule has 0 unspecified atom stereocenters. The minimum atomic E-state index is 0.293. The summed E-state index contributed by atoms with van der Waals surface area (Å²) < 4.78 is 0. The molecule has 1 aromatic carbocycles. The van der Waals surface area contributed by atoms with Gasteiger partial charge in [0.2, 0.25) is 0 Å². The number of hydrogen-bond acceptors (Lipinski definition) is 6. The summed E-state index contributed by atoms with van der Waals surface area (Å²) in [6.45, 7) is 0.625. The van der Waals surface area contributed by atoms with Crippen molar-refractivity contribution >= 4 is 16.6 Å². The number of nitriles is 1. The molecule has 0 aliphatic carbocycles. The van der Waals surface area contributed by atoms with Crippen LogP contribution >= 0.6 is 0 Å². The van der Waals surface area contributed by atoms with E-state index in [1.54, 1.807) is 0 Å². The molecule has 2 heterocycles. The van der Waals surface area contributed by atoms with Gasteiger partial charge in [0.15, 0.2) is 5.69 Å². The lowest BCUT2D eigenvalue weighted by Crippen LogP contribution is -2.09. The summed E-state index contributed by atoms with van der Waals surface area (Å²) in [5.74, 6) is 0.794. The van der Waals surface area contributed by atoms with Crippen molar-refractivity contribution in [1.82, 2.24) is 25.4 Å². The number of nitrogens with one attached hydrogen (secondary N) is 2. The summed E-state index contributed by atoms with van der Waals surface area (Å²) in [4.78, 5) is 4.05.